The predicted octanol–water partition coefficient (Wildman–Crippen LogP) is 5.25. The Kier molecular flexibility index (Phi) is 24.5. The average Bonchev–Trinajstić information content (AvgIpc) is 3.88. The molecule has 4 bridgehead atoms. The number of aliphatic carboxylic acids is 1. The van der Waals surface area contributed by atoms with Crippen LogP contribution in [0.1, 0.15) is 160 Å². The highest BCUT2D eigenvalue weighted by molar-refractivity contribution is 5.97. The van der Waals surface area contributed by atoms with Crippen LogP contribution in [-0.4, -0.2) is 146 Å². The van der Waals surface area contributed by atoms with E-state index in [-0.39, 0.29) is 66.3 Å². The molecule has 0 aromatic heterocycles. The van der Waals surface area contributed by atoms with Crippen LogP contribution < -0.4 is 16.0 Å². The van der Waals surface area contributed by atoms with Gasteiger partial charge in [-0.25, -0.2) is 4.79 Å². The van der Waals surface area contributed by atoms with Crippen LogP contribution in [0.5, 0.6) is 11.5 Å². The topological polar surface area (TPSA) is 280 Å². The van der Waals surface area contributed by atoms with Crippen molar-refractivity contribution in [2.75, 3.05) is 33.8 Å². The quantitative estimate of drug-likeness (QED) is 0.0564. The summed E-state index contributed by atoms with van der Waals surface area (Å²) in [7, 11) is 2.78. The number of nitrogens with zero attached hydrogens (tertiary/aromatic N) is 3. The van der Waals surface area contributed by atoms with Crippen LogP contribution in [-0.2, 0) is 49.6 Å². The van der Waals surface area contributed by atoms with Crippen LogP contribution >= 0.6 is 0 Å². The third-order valence-electron chi connectivity index (χ3n) is 14.3. The molecule has 0 radical (unpaired) electrons. The molecule has 0 unspecified atom stereocenters. The maximum Gasteiger partial charge on any atom is 0.326 e. The largest absolute Gasteiger partial charge is 0.507 e. The lowest BCUT2D eigenvalue weighted by Crippen LogP contribution is -2.53. The van der Waals surface area contributed by atoms with E-state index < -0.39 is 109 Å². The summed E-state index contributed by atoms with van der Waals surface area (Å²) in [5.41, 5.74) is 0.810. The number of phenolic OH excluding ortho intramolecular Hbond substituents is 2. The number of nitrogens with one attached hydrogen (secondary N) is 3. The zero-order valence-corrected chi connectivity index (χ0v) is 44.0. The molecule has 1 saturated heterocycles. The summed E-state index contributed by atoms with van der Waals surface area (Å²) in [6, 6.07) is 2.39. The van der Waals surface area contributed by atoms with Gasteiger partial charge in [-0.2, -0.15) is 0 Å². The van der Waals surface area contributed by atoms with Gasteiger partial charge in [-0.15, -0.1) is 0 Å². The molecule has 2 aliphatic rings. The Balaban J connectivity index is 1.38. The van der Waals surface area contributed by atoms with E-state index >= 15 is 0 Å². The molecule has 2 aromatic carbocycles. The molecular weight excluding hydrogens is 953 g/mol. The predicted molar refractivity (Wildman–Crippen MR) is 276 cm³/mol. The number of phenols is 2. The third-order valence-corrected chi connectivity index (χ3v) is 14.3. The first-order valence-corrected chi connectivity index (χ1v) is 26.5. The number of likely N-dealkylation sites (N-methyl/N-ethyl adjacent to an activating group) is 2. The summed E-state index contributed by atoms with van der Waals surface area (Å²) in [5, 5.41) is 49.5. The molecule has 408 valence electrons. The molecule has 7 N–H and O–H groups in total. The minimum atomic E-state index is -1.37. The molecule has 19 nitrogen and oxygen atoms in total. The lowest BCUT2D eigenvalue weighted by atomic mass is 9.89. The van der Waals surface area contributed by atoms with Crippen molar-refractivity contribution in [3.63, 3.8) is 0 Å². The molecule has 19 heteroatoms. The minimum absolute atomic E-state index is 0.0766. The number of aliphatic hydroxyl groups is 1. The van der Waals surface area contributed by atoms with E-state index in [4.69, 9.17) is 0 Å². The molecular formula is C55H80N6O13. The van der Waals surface area contributed by atoms with Crippen molar-refractivity contribution in [1.82, 2.24) is 30.7 Å². The Morgan fingerprint density at radius 2 is 1.38 bits per heavy atom. The maximum atomic E-state index is 14.3. The summed E-state index contributed by atoms with van der Waals surface area (Å²) in [6.45, 7) is 4.08. The number of hydrogen-bond donors (Lipinski definition) is 7. The Hall–Kier alpha value is -6.37. The summed E-state index contributed by atoms with van der Waals surface area (Å²) < 4.78 is 0. The van der Waals surface area contributed by atoms with Crippen LogP contribution in [0.25, 0.3) is 11.1 Å². The van der Waals surface area contributed by atoms with Gasteiger partial charge in [0.2, 0.25) is 35.4 Å². The second-order valence-corrected chi connectivity index (χ2v) is 20.1. The second-order valence-electron chi connectivity index (χ2n) is 20.1. The fourth-order valence-corrected chi connectivity index (χ4v) is 9.65. The van der Waals surface area contributed by atoms with Crippen LogP contribution in [0, 0.1) is 5.92 Å². The number of aromatic hydroxyl groups is 2. The van der Waals surface area contributed by atoms with E-state index in [0.717, 1.165) is 24.2 Å². The van der Waals surface area contributed by atoms with Crippen LogP contribution in [0.15, 0.2) is 36.4 Å². The molecule has 6 amide bonds. The number of amides is 6. The number of unbranched alkanes of at least 4 members (excludes halogenated alkanes) is 12. The fourth-order valence-electron chi connectivity index (χ4n) is 9.65. The van der Waals surface area contributed by atoms with Gasteiger partial charge in [0, 0.05) is 69.8 Å². The number of benzene rings is 2. The first-order valence-electron chi connectivity index (χ1n) is 26.5. The minimum Gasteiger partial charge on any atom is -0.507 e. The molecule has 0 aliphatic carbocycles. The molecule has 0 spiro atoms. The molecule has 6 atom stereocenters. The van der Waals surface area contributed by atoms with E-state index in [1.165, 1.54) is 132 Å². The van der Waals surface area contributed by atoms with E-state index in [2.05, 4.69) is 22.9 Å². The standard InChI is InChI=1S/C55H80N6O13/c1-6-7-8-9-10-11-12-13-14-15-16-17-18-21-48(67)59(4)43(34-62)54(72)57-36(3)44(63)26-27-49(68)60(5)51-38-23-25-46(65)40(32-38)39-30-37(22-24-45(39)64)31-41(58-52(70)35(2)29-47(51)66)53(71)56-33-50(69)61-28-19-20-42(61)55(73)74/h22-25,30,32,35-36,41-43,51,62,64-65H,6-21,26-29,31,33-34H2,1-5H3,(H,56,71)(H,57,72)(H,58,70)(H,73,74)/t35-,36-,41+,42-,43-,51+/m1/s1. The lowest BCUT2D eigenvalue weighted by Gasteiger charge is -2.30. The number of fused-ring (bicyclic) bond motifs is 5. The molecule has 0 saturated carbocycles. The number of hydrogen-bond acceptors (Lipinski definition) is 12. The molecule has 2 heterocycles. The van der Waals surface area contributed by atoms with Crippen molar-refractivity contribution < 1.29 is 63.6 Å². The zero-order chi connectivity index (χ0) is 54.5. The summed E-state index contributed by atoms with van der Waals surface area (Å²) in [4.78, 5) is 124. The van der Waals surface area contributed by atoms with Gasteiger partial charge >= 0.3 is 5.97 Å². The highest BCUT2D eigenvalue weighted by atomic mass is 16.4. The van der Waals surface area contributed by atoms with Gasteiger partial charge in [0.1, 0.15) is 35.7 Å². The van der Waals surface area contributed by atoms with E-state index in [1.54, 1.807) is 0 Å². The van der Waals surface area contributed by atoms with Gasteiger partial charge in [-0.05, 0) is 61.6 Å². The van der Waals surface area contributed by atoms with E-state index in [0.29, 0.717) is 18.4 Å². The van der Waals surface area contributed by atoms with Gasteiger partial charge in [0.15, 0.2) is 11.6 Å². The number of aliphatic hydroxyl groups excluding tert-OH is 1. The SMILES string of the molecule is CCCCCCCCCCCCCCCC(=O)N(C)[C@H](CO)C(=O)N[C@H](C)C(=O)CCC(=O)N(C)[C@@H]1C(=O)C[C@@H](C)C(=O)N[C@H](C(=O)NCC(=O)N2CCC[C@@H]2C(=O)O)Cc2ccc(O)c(c2)-c2cc1ccc2O. The number of carboxylic acid groups (broad SMARTS) is 1. The third kappa shape index (κ3) is 17.6. The molecule has 2 aromatic rings. The number of likely N-dealkylation sites (tertiary alicyclic amines) is 1. The summed E-state index contributed by atoms with van der Waals surface area (Å²) in [5.74, 6) is -7.76. The van der Waals surface area contributed by atoms with Crippen molar-refractivity contribution in [3.05, 3.63) is 47.5 Å². The molecule has 74 heavy (non-hydrogen) atoms. The smallest absolute Gasteiger partial charge is 0.326 e. The number of carboxylic acids is 1. The normalized spacial score (nSPS) is 18.6. The van der Waals surface area contributed by atoms with E-state index in [9.17, 15) is 63.6 Å². The maximum absolute atomic E-state index is 14.3. The number of carbonyl (C=O) groups excluding carboxylic acids is 8. The Morgan fingerprint density at radius 1 is 0.784 bits per heavy atom. The monoisotopic (exact) mass is 1030 g/mol. The fraction of sp³-hybridized carbons (Fsp3) is 0.618. The van der Waals surface area contributed by atoms with Crippen molar-refractivity contribution >= 4 is 53.0 Å². The van der Waals surface area contributed by atoms with Gasteiger partial charge in [-0.3, -0.25) is 38.4 Å². The summed E-state index contributed by atoms with van der Waals surface area (Å²) >= 11 is 0. The Bertz CT molecular complexity index is 2290. The first kappa shape index (κ1) is 60.2. The van der Waals surface area contributed by atoms with Gasteiger partial charge in [0.05, 0.1) is 19.2 Å². The lowest BCUT2D eigenvalue weighted by molar-refractivity contribution is -0.148. The van der Waals surface area contributed by atoms with Crippen molar-refractivity contribution in [3.8, 4) is 22.6 Å². The molecule has 4 rings (SSSR count). The average molecular weight is 1030 g/mol. The van der Waals surface area contributed by atoms with Crippen molar-refractivity contribution in [1.29, 1.82) is 0 Å². The second kappa shape index (κ2) is 30.1. The number of rotatable bonds is 27. The Morgan fingerprint density at radius 3 is 1.99 bits per heavy atom. The van der Waals surface area contributed by atoms with Crippen LogP contribution in [0.4, 0.5) is 0 Å². The first-order chi connectivity index (χ1) is 35.3. The number of Topliss-reactive ketones (excluding diaryl/α,β-unsaturated/α-hetero) is 2. The van der Waals surface area contributed by atoms with Crippen molar-refractivity contribution in [2.24, 2.45) is 5.92 Å². The number of carbonyl (C=O) groups is 9. The van der Waals surface area contributed by atoms with Gasteiger partial charge in [0.25, 0.3) is 0 Å². The van der Waals surface area contributed by atoms with Crippen molar-refractivity contribution in [2.45, 2.75) is 179 Å². The highest BCUT2D eigenvalue weighted by Gasteiger charge is 2.36. The zero-order valence-electron chi connectivity index (χ0n) is 44.0. The number of ketones is 2. The van der Waals surface area contributed by atoms with Gasteiger partial charge in [-0.1, -0.05) is 103 Å². The molecule has 1 fully saturated rings. The summed E-state index contributed by atoms with van der Waals surface area (Å²) in [6.07, 6.45) is 14.7. The Labute approximate surface area is 435 Å². The van der Waals surface area contributed by atoms with Crippen LogP contribution in [0.2, 0.25) is 0 Å². The highest BCUT2D eigenvalue weighted by Crippen LogP contribution is 2.39. The molecule has 2 aliphatic heterocycles. The van der Waals surface area contributed by atoms with Gasteiger partial charge < -0.3 is 51.1 Å². The van der Waals surface area contributed by atoms with E-state index in [1.807, 2.05) is 0 Å². The van der Waals surface area contributed by atoms with Crippen LogP contribution in [0.3, 0.4) is 0 Å².